The van der Waals surface area contributed by atoms with E-state index in [0.29, 0.717) is 42.4 Å². The summed E-state index contributed by atoms with van der Waals surface area (Å²) in [5, 5.41) is 57.9. The van der Waals surface area contributed by atoms with Crippen LogP contribution >= 0.6 is 35.3 Å². The van der Waals surface area contributed by atoms with Crippen LogP contribution in [0.1, 0.15) is 226 Å². The molecule has 4 bridgehead atoms. The Hall–Kier alpha value is -12.0. The maximum absolute atomic E-state index is 15.9. The molecule has 3 aromatic carbocycles. The molecule has 40 nitrogen and oxygen atoms in total. The van der Waals surface area contributed by atoms with Crippen molar-refractivity contribution in [2.75, 3.05) is 80.7 Å². The van der Waals surface area contributed by atoms with Crippen molar-refractivity contribution in [2.45, 2.75) is 283 Å². The van der Waals surface area contributed by atoms with Crippen LogP contribution in [0.15, 0.2) is 78.9 Å². The van der Waals surface area contributed by atoms with E-state index in [1.165, 1.54) is 98.7 Å². The number of aromatic hydroxyl groups is 2. The summed E-state index contributed by atoms with van der Waals surface area (Å²) in [7, 11) is 0. The number of nitrogens with two attached hydrogens (primary N) is 2. The number of primary amides is 1. The Bertz CT molecular complexity index is 5240. The first kappa shape index (κ1) is 120. The Balaban J connectivity index is 1.15. The molecule has 6 aliphatic heterocycles. The Morgan fingerprint density at radius 2 is 0.926 bits per heavy atom. The second-order valence-electron chi connectivity index (χ2n) is 41.0. The van der Waals surface area contributed by atoms with Gasteiger partial charge in [0.25, 0.3) is 0 Å². The highest BCUT2D eigenvalue weighted by Crippen LogP contribution is 2.35. The highest BCUT2D eigenvalue weighted by Gasteiger charge is 2.47. The molecule has 0 radical (unpaired) electrons. The quantitative estimate of drug-likeness (QED) is 0.0522. The number of phenolic OH excluding ortho intramolecular Hbond substituents is 2. The minimum absolute atomic E-state index is 0.0148. The van der Waals surface area contributed by atoms with E-state index in [1.807, 2.05) is 27.7 Å². The van der Waals surface area contributed by atoms with Crippen LogP contribution < -0.4 is 43.4 Å². The highest BCUT2D eigenvalue weighted by atomic mass is 32.2. The number of amides is 13. The summed E-state index contributed by atoms with van der Waals surface area (Å²) in [4.78, 5) is 331. The van der Waals surface area contributed by atoms with E-state index in [0.717, 1.165) is 35.3 Å². The molecule has 9 rings (SSSR count). The van der Waals surface area contributed by atoms with Gasteiger partial charge in [-0.3, -0.25) is 101 Å². The van der Waals surface area contributed by atoms with Crippen LogP contribution in [0.3, 0.4) is 0 Å². The molecule has 810 valence electrons. The fraction of sp³-hybridized carbons (Fsp3) is 0.619. The number of nitrogens with zero attached hydrogens (tertiary/aromatic N) is 6. The van der Waals surface area contributed by atoms with Gasteiger partial charge in [0.05, 0.1) is 86.2 Å². The van der Waals surface area contributed by atoms with Crippen molar-refractivity contribution in [3.63, 3.8) is 0 Å². The number of nitrogens with one attached hydrogen (secondary N) is 6. The van der Waals surface area contributed by atoms with Crippen LogP contribution in [-0.2, 0) is 125 Å². The predicted molar refractivity (Wildman–Crippen MR) is 550 cm³/mol. The molecular formula is C105H146N14O26S3. The first-order valence-corrected chi connectivity index (χ1v) is 54.7. The van der Waals surface area contributed by atoms with Crippen LogP contribution in [0.2, 0.25) is 0 Å². The lowest BCUT2D eigenvalue weighted by Crippen LogP contribution is -2.60. The van der Waals surface area contributed by atoms with Crippen molar-refractivity contribution in [2.24, 2.45) is 58.3 Å². The zero-order valence-corrected chi connectivity index (χ0v) is 88.0. The van der Waals surface area contributed by atoms with Gasteiger partial charge in [-0.05, 0) is 164 Å². The number of carboxylic acids is 2. The molecule has 6 aliphatic rings. The molecule has 0 spiro atoms. The molecule has 16 atom stereocenters. The Morgan fingerprint density at radius 1 is 0.466 bits per heavy atom. The number of phenols is 2. The third-order valence-corrected chi connectivity index (χ3v) is 31.1. The summed E-state index contributed by atoms with van der Waals surface area (Å²) in [5.41, 5.74) is 12.3. The van der Waals surface area contributed by atoms with E-state index >= 15 is 62.3 Å². The SMILES string of the molecule is CCCC[C@@H]1NC(=O)[C@H](Cc2ccc(O)cc2)CC(=O)[C@@H]2CCCN2C(=O)[C@H](CC(=O)O)CC(=O)[C@H](C)NC(=O)[C@H](Cc2ccccc2)CC(=O)[C@@H]2CSCC(=O)N3CN(CN(C3)C(=O)CCSC[C@H](CC(C)=O)C(=O)N[C@@H](CC(C)(C)C)C(=O)N3CCC[C@H]3C(=O)N[C@@H](CCC(=O)O)C(=O)C[C@H](CCCCN)C(=O)N3CCC[C@H]3C(=O)C[C@@H](Cc3ccc(O)cc3)C(=O)N2)C(=O)CCSC[C@@H](C(=O)N[C@@H](C)C(N)=O)CC1=O. The number of Topliss-reactive ketones (excluding diaryl/α,β-unsaturated/α-hetero) is 7. The van der Waals surface area contributed by atoms with Gasteiger partial charge in [-0.25, -0.2) is 0 Å². The largest absolute Gasteiger partial charge is 0.508 e. The monoisotopic (exact) mass is 2110 g/mol. The predicted octanol–water partition coefficient (Wildman–Crippen LogP) is 5.05. The van der Waals surface area contributed by atoms with E-state index in [-0.39, 0.29) is 157 Å². The molecule has 13 amide bonds. The molecule has 0 saturated carbocycles. The van der Waals surface area contributed by atoms with Gasteiger partial charge in [-0.2, -0.15) is 23.5 Å². The Labute approximate surface area is 875 Å². The molecule has 0 aliphatic carbocycles. The third-order valence-electron chi connectivity index (χ3n) is 27.8. The number of carbonyl (C=O) groups is 22. The topological polar surface area (TPSA) is 600 Å². The van der Waals surface area contributed by atoms with Crippen molar-refractivity contribution >= 4 is 165 Å². The van der Waals surface area contributed by atoms with E-state index < -0.39 is 320 Å². The summed E-state index contributed by atoms with van der Waals surface area (Å²) >= 11 is 2.96. The average Bonchev–Trinajstić information content (AvgIpc) is 1.77. The summed E-state index contributed by atoms with van der Waals surface area (Å²) < 4.78 is 0. The number of thioether (sulfide) groups is 3. The standard InChI is InChI=1S/C105H146N14O26S3/c1-8-9-21-77-86(125)52-74(99(140)109-64(4)95(107)136)56-147-42-36-91(130)115-59-114-60-116(61-115)92(131)58-148-57-80(87(126)48-69(44-65-18-11-10-12-19-65)96(137)108-63(3)84(123)51-72(53-94(134)135)103(144)118-39-16-23-82(118)89(128)49-70(97(138)110-77)45-66-25-29-75(121)30-26-66)113-98(139)71(46-67-27-31-76(122)32-28-67)50-88(127)81-22-15-38-117(81)102(143)68(20-13-14-37-106)47-85(124)78(33-34-93(132)133)111-101(142)83-24-17-40-119(83)104(145)79(54-105(5,6)7)112-100(141)73(43-62(2)120)55-146-41-35-90(114)129/h10-12,18-19,25-32,63-64,68-74,77-83,121-122H,8-9,13-17,20-24,33-61,106H2,1-7H3,(H2,107,136)(H,108,137)(H,109,140)(H,110,138)(H,111,142)(H,112,141)(H,113,139)(H,132,133)(H,134,135)/t63-,64-,68-,69+,70+,71+,72-,73-,74-,77-,78-,79-,80-,81-,82-,83-/m0/s1. The lowest BCUT2D eigenvalue weighted by molar-refractivity contribution is -0.157. The average molecular weight is 2120 g/mol. The minimum Gasteiger partial charge on any atom is -0.508 e. The van der Waals surface area contributed by atoms with Gasteiger partial charge >= 0.3 is 11.9 Å². The number of unbranched alkanes of at least 4 members (excludes halogenated alkanes) is 2. The molecular weight excluding hydrogens is 1970 g/mol. The molecule has 6 heterocycles. The number of hydrogen-bond donors (Lipinski definition) is 12. The van der Waals surface area contributed by atoms with Crippen LogP contribution in [-0.4, -0.2) is 314 Å². The minimum atomic E-state index is -1.69. The smallest absolute Gasteiger partial charge is 0.304 e. The van der Waals surface area contributed by atoms with Crippen molar-refractivity contribution < 1.29 is 126 Å². The first-order valence-electron chi connectivity index (χ1n) is 51.3. The van der Waals surface area contributed by atoms with Crippen molar-refractivity contribution in [3.05, 3.63) is 95.6 Å². The fourth-order valence-electron chi connectivity index (χ4n) is 19.6. The van der Waals surface area contributed by atoms with Gasteiger partial charge in [0.1, 0.15) is 35.4 Å². The van der Waals surface area contributed by atoms with Crippen LogP contribution in [0.5, 0.6) is 11.5 Å². The maximum atomic E-state index is 15.9. The molecule has 6 fully saturated rings. The Morgan fingerprint density at radius 3 is 1.45 bits per heavy atom. The van der Waals surface area contributed by atoms with Crippen LogP contribution in [0, 0.1) is 46.8 Å². The lowest BCUT2D eigenvalue weighted by atomic mass is 9.87. The van der Waals surface area contributed by atoms with Gasteiger partial charge in [0.2, 0.25) is 76.8 Å². The molecule has 0 aromatic heterocycles. The second kappa shape index (κ2) is 58.3. The number of fused-ring (bicyclic) bond motifs is 9. The number of ketones is 7. The fourth-order valence-corrected chi connectivity index (χ4v) is 22.7. The van der Waals surface area contributed by atoms with Gasteiger partial charge in [-0.1, -0.05) is 102 Å². The number of aliphatic carboxylic acids is 2. The maximum Gasteiger partial charge on any atom is 0.304 e. The van der Waals surface area contributed by atoms with E-state index in [1.54, 1.807) is 30.3 Å². The van der Waals surface area contributed by atoms with E-state index in [4.69, 9.17) is 11.5 Å². The van der Waals surface area contributed by atoms with Crippen molar-refractivity contribution in [1.29, 1.82) is 0 Å². The van der Waals surface area contributed by atoms with Crippen molar-refractivity contribution in [3.8, 4) is 11.5 Å². The molecule has 43 heteroatoms. The molecule has 148 heavy (non-hydrogen) atoms. The van der Waals surface area contributed by atoms with Crippen molar-refractivity contribution in [1.82, 2.24) is 61.3 Å². The van der Waals surface area contributed by atoms with Gasteiger partial charge in [-0.15, -0.1) is 11.8 Å². The summed E-state index contributed by atoms with van der Waals surface area (Å²) in [5.74, 6) is -28.8. The summed E-state index contributed by atoms with van der Waals surface area (Å²) in [6.45, 7) is 9.95. The van der Waals surface area contributed by atoms with Crippen LogP contribution in [0.25, 0.3) is 0 Å². The molecule has 3 aromatic rings. The Kier molecular flexibility index (Phi) is 47.1. The molecule has 14 N–H and O–H groups in total. The normalized spacial score (nSPS) is 26.2. The summed E-state index contributed by atoms with van der Waals surface area (Å²) in [6.07, 6.45) is -4.93. The number of benzene rings is 3. The second-order valence-corrected chi connectivity index (χ2v) is 44.4. The van der Waals surface area contributed by atoms with Crippen LogP contribution in [0.4, 0.5) is 0 Å². The zero-order chi connectivity index (χ0) is 108. The number of hydrogen-bond acceptors (Lipinski definition) is 28. The van der Waals surface area contributed by atoms with E-state index in [2.05, 4.69) is 31.9 Å². The molecule has 0 unspecified atom stereocenters. The van der Waals surface area contributed by atoms with E-state index in [9.17, 15) is 63.6 Å². The third kappa shape index (κ3) is 37.0. The first-order chi connectivity index (χ1) is 70.3. The number of rotatable bonds is 24. The number of carbonyl (C=O) groups excluding carboxylic acids is 20. The zero-order valence-electron chi connectivity index (χ0n) is 85.6. The lowest BCUT2D eigenvalue weighted by Gasteiger charge is -2.42. The molecule has 6 saturated heterocycles. The summed E-state index contributed by atoms with van der Waals surface area (Å²) in [6, 6.07) is 7.40. The van der Waals surface area contributed by atoms with Gasteiger partial charge < -0.3 is 98.0 Å². The highest BCUT2D eigenvalue weighted by molar-refractivity contribution is 8.00. The van der Waals surface area contributed by atoms with Gasteiger partial charge in [0.15, 0.2) is 34.7 Å². The number of carboxylic acid groups (broad SMARTS) is 2. The van der Waals surface area contributed by atoms with Gasteiger partial charge in [0, 0.05) is 136 Å².